The molecule has 1 amide bonds. The van der Waals surface area contributed by atoms with Gasteiger partial charge in [0.2, 0.25) is 0 Å². The summed E-state index contributed by atoms with van der Waals surface area (Å²) < 4.78 is 0. The maximum Gasteiger partial charge on any atom is 0.293 e. The molecule has 3 rings (SSSR count). The van der Waals surface area contributed by atoms with Gasteiger partial charge in [-0.1, -0.05) is 6.42 Å². The topological polar surface area (TPSA) is 78.7 Å². The molecule has 2 heterocycles. The summed E-state index contributed by atoms with van der Waals surface area (Å²) in [5, 5.41) is 14.4. The van der Waals surface area contributed by atoms with Crippen LogP contribution in [0.5, 0.6) is 0 Å². The first-order valence-electron chi connectivity index (χ1n) is 10.2. The molecular weight excluding hydrogens is 344 g/mol. The van der Waals surface area contributed by atoms with Crippen molar-refractivity contribution in [1.82, 2.24) is 10.2 Å². The van der Waals surface area contributed by atoms with Crippen molar-refractivity contribution in [3.8, 4) is 0 Å². The minimum absolute atomic E-state index is 0.0258. The normalized spacial score (nSPS) is 18.3. The number of carbonyl (C=O) groups is 1. The van der Waals surface area contributed by atoms with Gasteiger partial charge < -0.3 is 15.1 Å². The fraction of sp³-hybridized carbons (Fsp3) is 0.650. The zero-order valence-corrected chi connectivity index (χ0v) is 16.0. The average Bonchev–Trinajstić information content (AvgIpc) is 2.72. The van der Waals surface area contributed by atoms with Crippen LogP contribution in [-0.2, 0) is 0 Å². The summed E-state index contributed by atoms with van der Waals surface area (Å²) in [4.78, 5) is 28.0. The number of piperidine rings is 2. The third-order valence-electron chi connectivity index (χ3n) is 5.52. The Morgan fingerprint density at radius 1 is 1.04 bits per heavy atom. The molecule has 7 nitrogen and oxygen atoms in total. The number of amides is 1. The minimum Gasteiger partial charge on any atom is -0.366 e. The third kappa shape index (κ3) is 5.42. The van der Waals surface area contributed by atoms with E-state index in [0.717, 1.165) is 52.0 Å². The Bertz CT molecular complexity index is 653. The van der Waals surface area contributed by atoms with E-state index in [1.165, 1.54) is 31.7 Å². The molecule has 1 N–H and O–H groups in total. The minimum atomic E-state index is -0.378. The molecule has 1 aromatic carbocycles. The van der Waals surface area contributed by atoms with Gasteiger partial charge in [-0.05, 0) is 70.3 Å². The number of anilines is 1. The molecule has 2 fully saturated rings. The van der Waals surface area contributed by atoms with Crippen LogP contribution in [0.25, 0.3) is 0 Å². The molecule has 0 aromatic heterocycles. The number of carbonyl (C=O) groups excluding carboxylic acids is 1. The monoisotopic (exact) mass is 374 g/mol. The van der Waals surface area contributed by atoms with Crippen LogP contribution in [0.15, 0.2) is 18.2 Å². The van der Waals surface area contributed by atoms with E-state index in [-0.39, 0.29) is 16.5 Å². The molecule has 0 unspecified atom stereocenters. The zero-order chi connectivity index (χ0) is 19.1. The standard InChI is InChI=1S/C20H30N4O3/c25-20(21-10-7-13-22-11-3-1-4-12-22)17-8-9-18(19(16-17)24(26)27)23-14-5-2-6-15-23/h8-9,16H,1-7,10-15H2,(H,21,25). The molecule has 2 aliphatic rings. The number of nitrogens with zero attached hydrogens (tertiary/aromatic N) is 3. The lowest BCUT2D eigenvalue weighted by Crippen LogP contribution is -2.33. The molecule has 0 atom stereocenters. The second-order valence-electron chi connectivity index (χ2n) is 7.52. The van der Waals surface area contributed by atoms with E-state index in [0.29, 0.717) is 17.8 Å². The van der Waals surface area contributed by atoms with Gasteiger partial charge in [-0.25, -0.2) is 0 Å². The van der Waals surface area contributed by atoms with Gasteiger partial charge in [-0.3, -0.25) is 14.9 Å². The van der Waals surface area contributed by atoms with E-state index in [4.69, 9.17) is 0 Å². The highest BCUT2D eigenvalue weighted by Crippen LogP contribution is 2.31. The number of benzene rings is 1. The SMILES string of the molecule is O=C(NCCCN1CCCCC1)c1ccc(N2CCCCC2)c([N+](=O)[O-])c1. The molecule has 0 aliphatic carbocycles. The van der Waals surface area contributed by atoms with E-state index in [2.05, 4.69) is 15.1 Å². The van der Waals surface area contributed by atoms with Crippen molar-refractivity contribution in [2.24, 2.45) is 0 Å². The second-order valence-corrected chi connectivity index (χ2v) is 7.52. The summed E-state index contributed by atoms with van der Waals surface area (Å²) in [6.07, 6.45) is 8.02. The van der Waals surface area contributed by atoms with Gasteiger partial charge in [-0.15, -0.1) is 0 Å². The molecule has 148 valence electrons. The van der Waals surface area contributed by atoms with Crippen molar-refractivity contribution >= 4 is 17.3 Å². The van der Waals surface area contributed by atoms with Gasteiger partial charge in [0.05, 0.1) is 4.92 Å². The van der Waals surface area contributed by atoms with Crippen LogP contribution in [0.4, 0.5) is 11.4 Å². The van der Waals surface area contributed by atoms with Crippen molar-refractivity contribution in [2.75, 3.05) is 44.2 Å². The number of nitrogens with one attached hydrogen (secondary N) is 1. The van der Waals surface area contributed by atoms with Crippen LogP contribution >= 0.6 is 0 Å². The fourth-order valence-electron chi connectivity index (χ4n) is 4.00. The first kappa shape index (κ1) is 19.6. The van der Waals surface area contributed by atoms with Crippen LogP contribution in [0.2, 0.25) is 0 Å². The highest BCUT2D eigenvalue weighted by atomic mass is 16.6. The molecule has 2 saturated heterocycles. The zero-order valence-electron chi connectivity index (χ0n) is 16.0. The average molecular weight is 374 g/mol. The first-order chi connectivity index (χ1) is 13.1. The summed E-state index contributed by atoms with van der Waals surface area (Å²) >= 11 is 0. The van der Waals surface area contributed by atoms with Gasteiger partial charge in [0, 0.05) is 31.3 Å². The molecule has 27 heavy (non-hydrogen) atoms. The Morgan fingerprint density at radius 3 is 2.37 bits per heavy atom. The Kier molecular flexibility index (Phi) is 7.04. The lowest BCUT2D eigenvalue weighted by atomic mass is 10.1. The molecule has 0 saturated carbocycles. The summed E-state index contributed by atoms with van der Waals surface area (Å²) in [5.74, 6) is -0.234. The van der Waals surface area contributed by atoms with E-state index >= 15 is 0 Å². The number of hydrogen-bond donors (Lipinski definition) is 1. The van der Waals surface area contributed by atoms with Crippen LogP contribution in [0, 0.1) is 10.1 Å². The Balaban J connectivity index is 1.55. The summed E-state index contributed by atoms with van der Waals surface area (Å²) in [5.41, 5.74) is 1.01. The number of rotatable bonds is 7. The van der Waals surface area contributed by atoms with Gasteiger partial charge >= 0.3 is 0 Å². The summed E-state index contributed by atoms with van der Waals surface area (Å²) in [6, 6.07) is 4.85. The largest absolute Gasteiger partial charge is 0.366 e. The van der Waals surface area contributed by atoms with Crippen LogP contribution in [0.3, 0.4) is 0 Å². The molecular formula is C20H30N4O3. The van der Waals surface area contributed by atoms with Gasteiger partial charge in [0.25, 0.3) is 11.6 Å². The number of nitro groups is 1. The molecule has 2 aliphatic heterocycles. The number of likely N-dealkylation sites (tertiary alicyclic amines) is 1. The Morgan fingerprint density at radius 2 is 1.70 bits per heavy atom. The van der Waals surface area contributed by atoms with Gasteiger partial charge in [0.1, 0.15) is 5.69 Å². The fourth-order valence-corrected chi connectivity index (χ4v) is 4.00. The highest BCUT2D eigenvalue weighted by molar-refractivity contribution is 5.95. The van der Waals surface area contributed by atoms with Crippen molar-refractivity contribution in [3.63, 3.8) is 0 Å². The maximum atomic E-state index is 12.4. The molecule has 0 radical (unpaired) electrons. The van der Waals surface area contributed by atoms with Gasteiger partial charge in [0.15, 0.2) is 0 Å². The molecule has 0 spiro atoms. The highest BCUT2D eigenvalue weighted by Gasteiger charge is 2.23. The Labute approximate surface area is 160 Å². The predicted octanol–water partition coefficient (Wildman–Crippen LogP) is 3.19. The third-order valence-corrected chi connectivity index (χ3v) is 5.52. The number of nitro benzene ring substituents is 1. The van der Waals surface area contributed by atoms with Crippen LogP contribution in [-0.4, -0.2) is 55.0 Å². The van der Waals surface area contributed by atoms with E-state index in [1.807, 2.05) is 0 Å². The van der Waals surface area contributed by atoms with E-state index in [1.54, 1.807) is 12.1 Å². The summed E-state index contributed by atoms with van der Waals surface area (Å²) in [7, 11) is 0. The van der Waals surface area contributed by atoms with Crippen molar-refractivity contribution in [3.05, 3.63) is 33.9 Å². The molecule has 1 aromatic rings. The smallest absolute Gasteiger partial charge is 0.293 e. The van der Waals surface area contributed by atoms with Crippen molar-refractivity contribution in [2.45, 2.75) is 44.9 Å². The molecule has 7 heteroatoms. The lowest BCUT2D eigenvalue weighted by molar-refractivity contribution is -0.384. The molecule has 0 bridgehead atoms. The maximum absolute atomic E-state index is 12.4. The van der Waals surface area contributed by atoms with Crippen molar-refractivity contribution in [1.29, 1.82) is 0 Å². The summed E-state index contributed by atoms with van der Waals surface area (Å²) in [6.45, 7) is 5.56. The van der Waals surface area contributed by atoms with Crippen molar-refractivity contribution < 1.29 is 9.72 Å². The Hall–Kier alpha value is -2.15. The van der Waals surface area contributed by atoms with Crippen LogP contribution in [0.1, 0.15) is 55.3 Å². The van der Waals surface area contributed by atoms with E-state index in [9.17, 15) is 14.9 Å². The lowest BCUT2D eigenvalue weighted by Gasteiger charge is -2.28. The first-order valence-corrected chi connectivity index (χ1v) is 10.2. The van der Waals surface area contributed by atoms with Crippen LogP contribution < -0.4 is 10.2 Å². The van der Waals surface area contributed by atoms with E-state index < -0.39 is 0 Å². The van der Waals surface area contributed by atoms with Gasteiger partial charge in [-0.2, -0.15) is 0 Å². The number of hydrogen-bond acceptors (Lipinski definition) is 5. The quantitative estimate of drug-likeness (QED) is 0.450. The second kappa shape index (κ2) is 9.69. The predicted molar refractivity (Wildman–Crippen MR) is 106 cm³/mol.